The fourth-order valence-corrected chi connectivity index (χ4v) is 1.98. The van der Waals surface area contributed by atoms with Crippen LogP contribution in [0.4, 0.5) is 4.79 Å². The number of hydrogen-bond acceptors (Lipinski definition) is 4. The smallest absolute Gasteiger partial charge is 0.431 e. The monoisotopic (exact) mass is 346 g/mol. The van der Waals surface area contributed by atoms with Gasteiger partial charge in [0.1, 0.15) is 6.61 Å². The lowest BCUT2D eigenvalue weighted by Crippen LogP contribution is -2.35. The lowest BCUT2D eigenvalue weighted by Gasteiger charge is -2.18. The Balaban J connectivity index is 2.34. The van der Waals surface area contributed by atoms with Gasteiger partial charge in [-0.1, -0.05) is 30.3 Å². The molecular weight excluding hydrogens is 327 g/mol. The van der Waals surface area contributed by atoms with Crippen LogP contribution >= 0.6 is 7.60 Å². The summed E-state index contributed by atoms with van der Waals surface area (Å²) < 4.78 is 10.6. The summed E-state index contributed by atoms with van der Waals surface area (Å²) >= 11 is 0. The first-order chi connectivity index (χ1) is 10.8. The zero-order valence-corrected chi connectivity index (χ0v) is 13.2. The predicted octanol–water partition coefficient (Wildman–Crippen LogP) is 0.782. The number of amides is 2. The topological polar surface area (TPSA) is 136 Å². The largest absolute Gasteiger partial charge is 0.463 e. The molecule has 1 aromatic carbocycles. The number of carboxylic acid groups (broad SMARTS) is 1. The normalized spacial score (nSPS) is 11.0. The molecule has 128 valence electrons. The molecule has 0 heterocycles. The van der Waals surface area contributed by atoms with Gasteiger partial charge < -0.3 is 20.2 Å². The van der Waals surface area contributed by atoms with Gasteiger partial charge in [-0.05, 0) is 5.56 Å². The third kappa shape index (κ3) is 8.94. The van der Waals surface area contributed by atoms with Crippen LogP contribution in [0.3, 0.4) is 0 Å². The molecule has 2 amide bonds. The minimum Gasteiger partial charge on any atom is -0.463 e. The van der Waals surface area contributed by atoms with Gasteiger partial charge in [0.05, 0.1) is 12.7 Å². The Morgan fingerprint density at radius 3 is 2.43 bits per heavy atom. The van der Waals surface area contributed by atoms with Crippen molar-refractivity contribution in [3.05, 3.63) is 35.9 Å². The number of carbonyl (C=O) groups is 2. The van der Waals surface area contributed by atoms with Gasteiger partial charge >= 0.3 is 13.7 Å². The van der Waals surface area contributed by atoms with Crippen molar-refractivity contribution in [1.29, 1.82) is 0 Å². The zero-order chi connectivity index (χ0) is 17.3. The van der Waals surface area contributed by atoms with Crippen LogP contribution in [-0.4, -0.2) is 51.2 Å². The molecule has 0 saturated carbocycles. The van der Waals surface area contributed by atoms with E-state index in [-0.39, 0.29) is 26.1 Å². The maximum Gasteiger partial charge on any atom is 0.431 e. The molecule has 0 bridgehead atoms. The summed E-state index contributed by atoms with van der Waals surface area (Å²) in [6.45, 7) is -0.321. The third-order valence-electron chi connectivity index (χ3n) is 2.71. The van der Waals surface area contributed by atoms with Crippen molar-refractivity contribution in [1.82, 2.24) is 10.4 Å². The highest BCUT2D eigenvalue weighted by Crippen LogP contribution is 2.32. The maximum absolute atomic E-state index is 11.5. The van der Waals surface area contributed by atoms with Gasteiger partial charge in [0.25, 0.3) is 0 Å². The highest BCUT2D eigenvalue weighted by Gasteiger charge is 2.16. The van der Waals surface area contributed by atoms with Crippen LogP contribution in [0.5, 0.6) is 0 Å². The number of hydroxylamine groups is 2. The third-order valence-corrected chi connectivity index (χ3v) is 3.52. The van der Waals surface area contributed by atoms with E-state index in [1.807, 2.05) is 6.07 Å². The van der Waals surface area contributed by atoms with E-state index >= 15 is 0 Å². The van der Waals surface area contributed by atoms with Crippen molar-refractivity contribution < 1.29 is 33.9 Å². The SMILES string of the molecule is O=C(CCN(OCc1ccccc1)C(=O)O)NCCP(=O)(O)O. The first kappa shape index (κ1) is 19.1. The van der Waals surface area contributed by atoms with Gasteiger partial charge in [-0.15, -0.1) is 0 Å². The molecule has 10 heteroatoms. The van der Waals surface area contributed by atoms with Crippen molar-refractivity contribution in [3.8, 4) is 0 Å². The summed E-state index contributed by atoms with van der Waals surface area (Å²) in [6.07, 6.45) is -1.97. The predicted molar refractivity (Wildman–Crippen MR) is 80.5 cm³/mol. The fourth-order valence-electron chi connectivity index (χ4n) is 1.57. The molecule has 0 radical (unpaired) electrons. The van der Waals surface area contributed by atoms with Crippen LogP contribution in [0.15, 0.2) is 30.3 Å². The van der Waals surface area contributed by atoms with E-state index in [1.165, 1.54) is 0 Å². The van der Waals surface area contributed by atoms with Crippen LogP contribution < -0.4 is 5.32 Å². The molecular formula is C13H19N2O7P. The molecule has 0 aliphatic rings. The van der Waals surface area contributed by atoms with Crippen molar-refractivity contribution in [2.75, 3.05) is 19.3 Å². The highest BCUT2D eigenvalue weighted by molar-refractivity contribution is 7.51. The minimum absolute atomic E-state index is 0.0486. The molecule has 9 nitrogen and oxygen atoms in total. The minimum atomic E-state index is -4.16. The first-order valence-corrected chi connectivity index (χ1v) is 8.56. The number of benzene rings is 1. The zero-order valence-electron chi connectivity index (χ0n) is 12.3. The number of rotatable bonds is 9. The van der Waals surface area contributed by atoms with E-state index in [0.29, 0.717) is 5.06 Å². The van der Waals surface area contributed by atoms with E-state index in [0.717, 1.165) is 5.56 Å². The summed E-state index contributed by atoms with van der Waals surface area (Å²) in [7, 11) is -4.16. The standard InChI is InChI=1S/C13H19N2O7P/c16-12(14-7-9-23(19,20)21)6-8-15(13(17)18)22-10-11-4-2-1-3-5-11/h1-5H,6-10H2,(H,14,16)(H,17,18)(H2,19,20,21). The molecule has 23 heavy (non-hydrogen) atoms. The van der Waals surface area contributed by atoms with Gasteiger partial charge in [-0.2, -0.15) is 5.06 Å². The van der Waals surface area contributed by atoms with Crippen LogP contribution in [0.1, 0.15) is 12.0 Å². The Bertz CT molecular complexity index is 561. The van der Waals surface area contributed by atoms with Gasteiger partial charge in [0, 0.05) is 13.0 Å². The molecule has 1 rings (SSSR count). The number of nitrogens with one attached hydrogen (secondary N) is 1. The van der Waals surface area contributed by atoms with E-state index in [2.05, 4.69) is 5.32 Å². The highest BCUT2D eigenvalue weighted by atomic mass is 31.2. The number of carbonyl (C=O) groups excluding carboxylic acids is 1. The van der Waals surface area contributed by atoms with Crippen LogP contribution in [0, 0.1) is 0 Å². The lowest BCUT2D eigenvalue weighted by atomic mass is 10.2. The van der Waals surface area contributed by atoms with E-state index in [4.69, 9.17) is 19.7 Å². The molecule has 0 atom stereocenters. The Hall–Kier alpha value is -1.93. The number of hydrogen-bond donors (Lipinski definition) is 4. The molecule has 0 aliphatic heterocycles. The summed E-state index contributed by atoms with van der Waals surface area (Å²) in [6, 6.07) is 8.95. The van der Waals surface area contributed by atoms with Gasteiger partial charge in [0.15, 0.2) is 0 Å². The van der Waals surface area contributed by atoms with Gasteiger partial charge in [0.2, 0.25) is 5.91 Å². The second-order valence-corrected chi connectivity index (χ2v) is 6.41. The molecule has 4 N–H and O–H groups in total. The van der Waals surface area contributed by atoms with Gasteiger partial charge in [-0.25, -0.2) is 4.79 Å². The Kier molecular flexibility index (Phi) is 7.70. The van der Waals surface area contributed by atoms with Crippen molar-refractivity contribution in [2.24, 2.45) is 0 Å². The molecule has 0 fully saturated rings. The van der Waals surface area contributed by atoms with Crippen molar-refractivity contribution in [3.63, 3.8) is 0 Å². The average Bonchev–Trinajstić information content (AvgIpc) is 2.46. The number of nitrogens with zero attached hydrogens (tertiary/aromatic N) is 1. The second kappa shape index (κ2) is 9.26. The van der Waals surface area contributed by atoms with E-state index in [1.54, 1.807) is 24.3 Å². The quantitative estimate of drug-likeness (QED) is 0.383. The Morgan fingerprint density at radius 1 is 1.22 bits per heavy atom. The maximum atomic E-state index is 11.5. The molecule has 0 aromatic heterocycles. The lowest BCUT2D eigenvalue weighted by molar-refractivity contribution is -0.146. The molecule has 0 saturated heterocycles. The Labute approximate surface area is 133 Å². The fraction of sp³-hybridized carbons (Fsp3) is 0.385. The molecule has 1 aromatic rings. The summed E-state index contributed by atoms with van der Waals surface area (Å²) in [4.78, 5) is 45.0. The molecule has 0 spiro atoms. The van der Waals surface area contributed by atoms with Crippen LogP contribution in [0.25, 0.3) is 0 Å². The second-order valence-electron chi connectivity index (χ2n) is 4.63. The summed E-state index contributed by atoms with van der Waals surface area (Å²) in [5, 5.41) is 12.0. The van der Waals surface area contributed by atoms with E-state index < -0.39 is 25.8 Å². The average molecular weight is 346 g/mol. The van der Waals surface area contributed by atoms with Gasteiger partial charge in [-0.3, -0.25) is 14.2 Å². The van der Waals surface area contributed by atoms with E-state index in [9.17, 15) is 14.2 Å². The van der Waals surface area contributed by atoms with Crippen LogP contribution in [0.2, 0.25) is 0 Å². The molecule has 0 aliphatic carbocycles. The summed E-state index contributed by atoms with van der Waals surface area (Å²) in [5.41, 5.74) is 0.782. The summed E-state index contributed by atoms with van der Waals surface area (Å²) in [5.74, 6) is -0.520. The Morgan fingerprint density at radius 2 is 1.87 bits per heavy atom. The molecule has 0 unspecified atom stereocenters. The van der Waals surface area contributed by atoms with Crippen molar-refractivity contribution in [2.45, 2.75) is 13.0 Å². The first-order valence-electron chi connectivity index (χ1n) is 6.76. The van der Waals surface area contributed by atoms with Crippen LogP contribution in [-0.2, 0) is 20.8 Å². The van der Waals surface area contributed by atoms with Crippen molar-refractivity contribution >= 4 is 19.6 Å².